The zero-order chi connectivity index (χ0) is 7.56. The number of nitrogens with two attached hydrogens (primary N) is 1. The minimum absolute atomic E-state index is 0.384. The molecule has 0 saturated heterocycles. The number of amides is 1. The fourth-order valence-corrected chi connectivity index (χ4v) is 1.28. The van der Waals surface area contributed by atoms with Crippen molar-refractivity contribution in [1.29, 1.82) is 0 Å². The molecule has 2 nitrogen and oxygen atoms in total. The second-order valence-corrected chi connectivity index (χ2v) is 2.77. The molecule has 0 saturated carbocycles. The average molecular weight is 153 g/mol. The minimum Gasteiger partial charge on any atom is -0.366 e. The molecule has 0 bridgehead atoms. The lowest BCUT2D eigenvalue weighted by atomic mass is 10.2. The van der Waals surface area contributed by atoms with E-state index in [9.17, 15) is 4.79 Å². The molecule has 0 atom stereocenters. The first-order valence-corrected chi connectivity index (χ1v) is 3.62. The summed E-state index contributed by atoms with van der Waals surface area (Å²) in [6.45, 7) is 3.53. The summed E-state index contributed by atoms with van der Waals surface area (Å²) < 4.78 is 0. The van der Waals surface area contributed by atoms with Gasteiger partial charge in [0.1, 0.15) is 0 Å². The van der Waals surface area contributed by atoms with Gasteiger partial charge in [-0.3, -0.25) is 4.79 Å². The van der Waals surface area contributed by atoms with Crippen molar-refractivity contribution in [1.82, 2.24) is 0 Å². The van der Waals surface area contributed by atoms with Crippen LogP contribution in [0.3, 0.4) is 0 Å². The van der Waals surface area contributed by atoms with Crippen molar-refractivity contribution in [2.45, 2.75) is 0 Å². The van der Waals surface area contributed by atoms with Crippen LogP contribution in [0.4, 0.5) is 0 Å². The van der Waals surface area contributed by atoms with E-state index in [1.54, 1.807) is 0 Å². The van der Waals surface area contributed by atoms with Crippen LogP contribution >= 0.6 is 11.3 Å². The summed E-state index contributed by atoms with van der Waals surface area (Å²) >= 11 is 1.46. The number of hydrogen-bond acceptors (Lipinski definition) is 2. The summed E-state index contributed by atoms with van der Waals surface area (Å²) in [5, 5.41) is 1.88. The number of primary amides is 1. The maximum absolute atomic E-state index is 10.5. The Morgan fingerprint density at radius 1 is 1.70 bits per heavy atom. The van der Waals surface area contributed by atoms with Crippen molar-refractivity contribution >= 4 is 22.8 Å². The molecule has 1 heterocycles. The van der Waals surface area contributed by atoms with Crippen molar-refractivity contribution in [3.05, 3.63) is 29.0 Å². The molecule has 1 rings (SSSR count). The molecule has 10 heavy (non-hydrogen) atoms. The fraction of sp³-hybridized carbons (Fsp3) is 0. The van der Waals surface area contributed by atoms with Gasteiger partial charge >= 0.3 is 0 Å². The second kappa shape index (κ2) is 2.66. The van der Waals surface area contributed by atoms with Gasteiger partial charge in [-0.25, -0.2) is 0 Å². The molecule has 3 heteroatoms. The summed E-state index contributed by atoms with van der Waals surface area (Å²) in [5.41, 5.74) is 5.38. The van der Waals surface area contributed by atoms with Gasteiger partial charge in [-0.15, -0.1) is 11.3 Å². The van der Waals surface area contributed by atoms with Gasteiger partial charge in [0.15, 0.2) is 0 Å². The van der Waals surface area contributed by atoms with E-state index < -0.39 is 5.91 Å². The maximum atomic E-state index is 10.5. The SMILES string of the molecule is C=C(C(N)=O)c1cccs1. The number of rotatable bonds is 2. The van der Waals surface area contributed by atoms with Gasteiger partial charge in [-0.1, -0.05) is 12.6 Å². The van der Waals surface area contributed by atoms with E-state index in [2.05, 4.69) is 6.58 Å². The Balaban J connectivity index is 2.88. The van der Waals surface area contributed by atoms with Crippen LogP contribution in [0.5, 0.6) is 0 Å². The van der Waals surface area contributed by atoms with E-state index in [1.165, 1.54) is 11.3 Å². The van der Waals surface area contributed by atoms with Crippen LogP contribution in [0.1, 0.15) is 4.88 Å². The van der Waals surface area contributed by atoms with Crippen LogP contribution in [0.25, 0.3) is 5.57 Å². The standard InChI is InChI=1S/C7H7NOS/c1-5(7(8)9)6-3-2-4-10-6/h2-4H,1H2,(H2,8,9). The highest BCUT2D eigenvalue weighted by Crippen LogP contribution is 2.17. The summed E-state index contributed by atoms with van der Waals surface area (Å²) in [6, 6.07) is 3.67. The quantitative estimate of drug-likeness (QED) is 0.638. The molecular weight excluding hydrogens is 146 g/mol. The topological polar surface area (TPSA) is 43.1 Å². The first kappa shape index (κ1) is 7.02. The Bertz CT molecular complexity index is 251. The lowest BCUT2D eigenvalue weighted by Gasteiger charge is -1.92. The Labute approximate surface area is 63.0 Å². The zero-order valence-electron chi connectivity index (χ0n) is 5.33. The lowest BCUT2D eigenvalue weighted by molar-refractivity contribution is -0.112. The highest BCUT2D eigenvalue weighted by molar-refractivity contribution is 7.11. The largest absolute Gasteiger partial charge is 0.366 e. The van der Waals surface area contributed by atoms with Gasteiger partial charge in [0.05, 0.1) is 0 Å². The first-order chi connectivity index (χ1) is 4.72. The molecule has 0 fully saturated rings. The highest BCUT2D eigenvalue weighted by atomic mass is 32.1. The van der Waals surface area contributed by atoms with Gasteiger partial charge in [0.25, 0.3) is 0 Å². The third-order valence-corrected chi connectivity index (χ3v) is 2.05. The van der Waals surface area contributed by atoms with Crippen LogP contribution < -0.4 is 5.73 Å². The Hall–Kier alpha value is -1.09. The molecule has 52 valence electrons. The van der Waals surface area contributed by atoms with Crippen molar-refractivity contribution in [3.63, 3.8) is 0 Å². The monoisotopic (exact) mass is 153 g/mol. The average Bonchev–Trinajstić information content (AvgIpc) is 2.36. The van der Waals surface area contributed by atoms with E-state index in [0.29, 0.717) is 5.57 Å². The van der Waals surface area contributed by atoms with Gasteiger partial charge in [0, 0.05) is 10.5 Å². The number of thiophene rings is 1. The fourth-order valence-electron chi connectivity index (χ4n) is 0.572. The lowest BCUT2D eigenvalue weighted by Crippen LogP contribution is -2.10. The summed E-state index contributed by atoms with van der Waals surface area (Å²) in [5.74, 6) is -0.456. The molecule has 0 aliphatic heterocycles. The van der Waals surface area contributed by atoms with Crippen LogP contribution in [0.15, 0.2) is 24.1 Å². The van der Waals surface area contributed by atoms with E-state index >= 15 is 0 Å². The summed E-state index contributed by atoms with van der Waals surface area (Å²) in [4.78, 5) is 11.4. The number of hydrogen-bond donors (Lipinski definition) is 1. The maximum Gasteiger partial charge on any atom is 0.249 e. The second-order valence-electron chi connectivity index (χ2n) is 1.82. The first-order valence-electron chi connectivity index (χ1n) is 2.74. The van der Waals surface area contributed by atoms with Crippen LogP contribution in [-0.2, 0) is 4.79 Å². The Morgan fingerprint density at radius 2 is 2.40 bits per heavy atom. The van der Waals surface area contributed by atoms with Gasteiger partial charge in [-0.2, -0.15) is 0 Å². The molecule has 1 aromatic heterocycles. The van der Waals surface area contributed by atoms with E-state index in [4.69, 9.17) is 5.73 Å². The van der Waals surface area contributed by atoms with Gasteiger partial charge < -0.3 is 5.73 Å². The van der Waals surface area contributed by atoms with Crippen LogP contribution in [0.2, 0.25) is 0 Å². The van der Waals surface area contributed by atoms with E-state index in [1.807, 2.05) is 17.5 Å². The molecule has 1 amide bonds. The molecule has 0 spiro atoms. The molecule has 0 aliphatic rings. The molecule has 1 aromatic rings. The smallest absolute Gasteiger partial charge is 0.249 e. The van der Waals surface area contributed by atoms with Crippen molar-refractivity contribution < 1.29 is 4.79 Å². The van der Waals surface area contributed by atoms with E-state index in [0.717, 1.165) is 4.88 Å². The molecule has 0 aliphatic carbocycles. The van der Waals surface area contributed by atoms with Crippen molar-refractivity contribution in [2.24, 2.45) is 5.73 Å². The Morgan fingerprint density at radius 3 is 2.80 bits per heavy atom. The zero-order valence-corrected chi connectivity index (χ0v) is 6.15. The molecule has 2 N–H and O–H groups in total. The minimum atomic E-state index is -0.456. The molecule has 0 unspecified atom stereocenters. The third-order valence-electron chi connectivity index (χ3n) is 1.12. The normalized spacial score (nSPS) is 9.20. The number of carbonyl (C=O) groups is 1. The van der Waals surface area contributed by atoms with Crippen molar-refractivity contribution in [3.8, 4) is 0 Å². The van der Waals surface area contributed by atoms with E-state index in [-0.39, 0.29) is 0 Å². The number of carbonyl (C=O) groups excluding carboxylic acids is 1. The molecular formula is C7H7NOS. The van der Waals surface area contributed by atoms with Crippen LogP contribution in [-0.4, -0.2) is 5.91 Å². The van der Waals surface area contributed by atoms with Gasteiger partial charge in [0.2, 0.25) is 5.91 Å². The van der Waals surface area contributed by atoms with Gasteiger partial charge in [-0.05, 0) is 11.4 Å². The predicted octanol–water partition coefficient (Wildman–Crippen LogP) is 1.25. The summed E-state index contributed by atoms with van der Waals surface area (Å²) in [7, 11) is 0. The van der Waals surface area contributed by atoms with Crippen molar-refractivity contribution in [2.75, 3.05) is 0 Å². The molecule has 0 aromatic carbocycles. The summed E-state index contributed by atoms with van der Waals surface area (Å²) in [6.07, 6.45) is 0. The highest BCUT2D eigenvalue weighted by Gasteiger charge is 2.03. The molecule has 0 radical (unpaired) electrons. The Kier molecular flexibility index (Phi) is 1.87. The predicted molar refractivity (Wildman–Crippen MR) is 42.5 cm³/mol. The third kappa shape index (κ3) is 1.25. The van der Waals surface area contributed by atoms with Crippen LogP contribution in [0, 0.1) is 0 Å².